The molecule has 1 aromatic carbocycles. The zero-order chi connectivity index (χ0) is 15.1. The van der Waals surface area contributed by atoms with Gasteiger partial charge in [-0.15, -0.1) is 0 Å². The molecule has 1 aromatic rings. The average Bonchev–Trinajstić information content (AvgIpc) is 2.45. The van der Waals surface area contributed by atoms with Gasteiger partial charge in [-0.25, -0.2) is 4.39 Å². The number of halogens is 1. The van der Waals surface area contributed by atoms with E-state index in [1.807, 2.05) is 6.92 Å². The maximum atomic E-state index is 13.9. The minimum absolute atomic E-state index is 0.0827. The topological polar surface area (TPSA) is 88.1 Å². The van der Waals surface area contributed by atoms with Crippen LogP contribution in [0, 0.1) is 5.82 Å². The Labute approximate surface area is 116 Å². The number of methoxy groups -OCH3 is 1. The maximum absolute atomic E-state index is 13.9. The standard InChI is InChI=1S/C13H18FN3O3/c1-3-7-17(8-11(15)16-19)13(18)12-9(14)5-4-6-10(12)20-2/h4-6,19H,3,7-8H2,1-2H3,(H2,15,16). The van der Waals surface area contributed by atoms with Crippen LogP contribution in [0.25, 0.3) is 0 Å². The number of oxime groups is 1. The minimum Gasteiger partial charge on any atom is -0.496 e. The Morgan fingerprint density at radius 2 is 2.25 bits per heavy atom. The van der Waals surface area contributed by atoms with E-state index >= 15 is 0 Å². The number of nitrogens with two attached hydrogens (primary N) is 1. The quantitative estimate of drug-likeness (QED) is 0.358. The van der Waals surface area contributed by atoms with Crippen molar-refractivity contribution in [1.82, 2.24) is 4.90 Å². The summed E-state index contributed by atoms with van der Waals surface area (Å²) in [6.45, 7) is 2.14. The van der Waals surface area contributed by atoms with Crippen molar-refractivity contribution in [3.05, 3.63) is 29.6 Å². The normalized spacial score (nSPS) is 11.2. The second-order valence-corrected chi connectivity index (χ2v) is 4.14. The molecule has 6 nitrogen and oxygen atoms in total. The van der Waals surface area contributed by atoms with E-state index in [1.165, 1.54) is 30.2 Å². The van der Waals surface area contributed by atoms with Crippen molar-refractivity contribution in [3.8, 4) is 5.75 Å². The number of hydrogen-bond donors (Lipinski definition) is 2. The van der Waals surface area contributed by atoms with Gasteiger partial charge in [-0.3, -0.25) is 4.79 Å². The highest BCUT2D eigenvalue weighted by Gasteiger charge is 2.23. The smallest absolute Gasteiger partial charge is 0.261 e. The molecule has 0 atom stereocenters. The van der Waals surface area contributed by atoms with Crippen LogP contribution in [-0.2, 0) is 0 Å². The molecule has 0 spiro atoms. The Morgan fingerprint density at radius 1 is 1.55 bits per heavy atom. The Morgan fingerprint density at radius 3 is 2.80 bits per heavy atom. The summed E-state index contributed by atoms with van der Waals surface area (Å²) < 4.78 is 18.9. The largest absolute Gasteiger partial charge is 0.496 e. The van der Waals surface area contributed by atoms with Gasteiger partial charge in [0.25, 0.3) is 5.91 Å². The van der Waals surface area contributed by atoms with E-state index in [2.05, 4.69) is 5.16 Å². The number of hydrogen-bond acceptors (Lipinski definition) is 4. The third-order valence-corrected chi connectivity index (χ3v) is 2.67. The molecule has 0 heterocycles. The number of amides is 1. The second-order valence-electron chi connectivity index (χ2n) is 4.14. The highest BCUT2D eigenvalue weighted by Crippen LogP contribution is 2.23. The lowest BCUT2D eigenvalue weighted by molar-refractivity contribution is 0.0770. The van der Waals surface area contributed by atoms with Crippen molar-refractivity contribution in [2.45, 2.75) is 13.3 Å². The van der Waals surface area contributed by atoms with Crippen LogP contribution >= 0.6 is 0 Å². The van der Waals surface area contributed by atoms with Gasteiger partial charge >= 0.3 is 0 Å². The monoisotopic (exact) mass is 283 g/mol. The molecule has 0 aromatic heterocycles. The SMILES string of the molecule is CCCN(CC(N)=NO)C(=O)c1c(F)cccc1OC. The van der Waals surface area contributed by atoms with Gasteiger partial charge < -0.3 is 20.6 Å². The van der Waals surface area contributed by atoms with Crippen LogP contribution in [0.15, 0.2) is 23.4 Å². The average molecular weight is 283 g/mol. The molecular formula is C13H18FN3O3. The predicted molar refractivity (Wildman–Crippen MR) is 72.6 cm³/mol. The van der Waals surface area contributed by atoms with Crippen molar-refractivity contribution < 1.29 is 19.1 Å². The number of amidine groups is 1. The lowest BCUT2D eigenvalue weighted by Gasteiger charge is -2.22. The lowest BCUT2D eigenvalue weighted by atomic mass is 10.1. The molecule has 0 saturated carbocycles. The zero-order valence-corrected chi connectivity index (χ0v) is 11.5. The molecule has 0 saturated heterocycles. The molecule has 1 rings (SSSR count). The summed E-state index contributed by atoms with van der Waals surface area (Å²) >= 11 is 0. The van der Waals surface area contributed by atoms with Gasteiger partial charge in [-0.2, -0.15) is 0 Å². The molecule has 3 N–H and O–H groups in total. The van der Waals surface area contributed by atoms with E-state index in [0.717, 1.165) is 0 Å². The summed E-state index contributed by atoms with van der Waals surface area (Å²) in [5.74, 6) is -1.21. The maximum Gasteiger partial charge on any atom is 0.261 e. The first-order chi connectivity index (χ1) is 9.54. The fraction of sp³-hybridized carbons (Fsp3) is 0.385. The van der Waals surface area contributed by atoms with E-state index in [9.17, 15) is 9.18 Å². The second kappa shape index (κ2) is 7.32. The van der Waals surface area contributed by atoms with Gasteiger partial charge in [0.15, 0.2) is 5.84 Å². The van der Waals surface area contributed by atoms with Crippen LogP contribution in [0.5, 0.6) is 5.75 Å². The van der Waals surface area contributed by atoms with Crippen LogP contribution in [0.2, 0.25) is 0 Å². The molecule has 20 heavy (non-hydrogen) atoms. The third-order valence-electron chi connectivity index (χ3n) is 2.67. The van der Waals surface area contributed by atoms with Crippen LogP contribution in [0.4, 0.5) is 4.39 Å². The molecule has 110 valence electrons. The highest BCUT2D eigenvalue weighted by molar-refractivity contribution is 5.99. The van der Waals surface area contributed by atoms with Gasteiger partial charge in [-0.1, -0.05) is 18.1 Å². The van der Waals surface area contributed by atoms with Gasteiger partial charge in [0.1, 0.15) is 17.1 Å². The highest BCUT2D eigenvalue weighted by atomic mass is 19.1. The van der Waals surface area contributed by atoms with Crippen molar-refractivity contribution in [2.24, 2.45) is 10.9 Å². The van der Waals surface area contributed by atoms with Crippen LogP contribution in [0.1, 0.15) is 23.7 Å². The van der Waals surface area contributed by atoms with Gasteiger partial charge in [-0.05, 0) is 18.6 Å². The van der Waals surface area contributed by atoms with E-state index in [-0.39, 0.29) is 23.7 Å². The number of rotatable bonds is 6. The van der Waals surface area contributed by atoms with Crippen LogP contribution in [-0.4, -0.2) is 42.0 Å². The Bertz CT molecular complexity index is 506. The molecule has 0 fully saturated rings. The van der Waals surface area contributed by atoms with Crippen molar-refractivity contribution in [3.63, 3.8) is 0 Å². The minimum atomic E-state index is -0.671. The van der Waals surface area contributed by atoms with Crippen LogP contribution in [0.3, 0.4) is 0 Å². The molecule has 0 unspecified atom stereocenters. The molecule has 7 heteroatoms. The van der Waals surface area contributed by atoms with Crippen molar-refractivity contribution >= 4 is 11.7 Å². The fourth-order valence-corrected chi connectivity index (χ4v) is 1.79. The molecule has 0 radical (unpaired) electrons. The summed E-state index contributed by atoms with van der Waals surface area (Å²) in [6, 6.07) is 4.14. The zero-order valence-electron chi connectivity index (χ0n) is 11.5. The Kier molecular flexibility index (Phi) is 5.76. The summed E-state index contributed by atoms with van der Waals surface area (Å²) in [5.41, 5.74) is 5.25. The fourth-order valence-electron chi connectivity index (χ4n) is 1.79. The lowest BCUT2D eigenvalue weighted by Crippen LogP contribution is -2.39. The Hall–Kier alpha value is -2.31. The third kappa shape index (κ3) is 3.59. The number of ether oxygens (including phenoxy) is 1. The molecular weight excluding hydrogens is 265 g/mol. The number of carbonyl (C=O) groups is 1. The van der Waals surface area contributed by atoms with E-state index in [0.29, 0.717) is 13.0 Å². The predicted octanol–water partition coefficient (Wildman–Crippen LogP) is 1.43. The Balaban J connectivity index is 3.12. The first kappa shape index (κ1) is 15.7. The van der Waals surface area contributed by atoms with E-state index < -0.39 is 11.7 Å². The molecule has 0 aliphatic rings. The summed E-state index contributed by atoms with van der Waals surface area (Å²) in [5, 5.41) is 11.4. The van der Waals surface area contributed by atoms with Gasteiger partial charge in [0.2, 0.25) is 0 Å². The van der Waals surface area contributed by atoms with Crippen LogP contribution < -0.4 is 10.5 Å². The molecule has 1 amide bonds. The summed E-state index contributed by atoms with van der Waals surface area (Å²) in [4.78, 5) is 13.7. The molecule has 0 aliphatic carbocycles. The first-order valence-corrected chi connectivity index (χ1v) is 6.13. The van der Waals surface area contributed by atoms with Gasteiger partial charge in [0, 0.05) is 6.54 Å². The summed E-state index contributed by atoms with van der Waals surface area (Å²) in [7, 11) is 1.36. The molecule has 0 aliphatic heterocycles. The number of benzene rings is 1. The summed E-state index contributed by atoms with van der Waals surface area (Å²) in [6.07, 6.45) is 0.654. The van der Waals surface area contributed by atoms with E-state index in [4.69, 9.17) is 15.7 Å². The number of nitrogens with zero attached hydrogens (tertiary/aromatic N) is 2. The van der Waals surface area contributed by atoms with E-state index in [1.54, 1.807) is 0 Å². The number of carbonyl (C=O) groups excluding carboxylic acids is 1. The van der Waals surface area contributed by atoms with Crippen molar-refractivity contribution in [2.75, 3.05) is 20.2 Å². The van der Waals surface area contributed by atoms with Crippen molar-refractivity contribution in [1.29, 1.82) is 0 Å². The first-order valence-electron chi connectivity index (χ1n) is 6.13. The molecule has 0 bridgehead atoms. The van der Waals surface area contributed by atoms with Gasteiger partial charge in [0.05, 0.1) is 13.7 Å².